The van der Waals surface area contributed by atoms with E-state index in [-0.39, 0.29) is 17.0 Å². The van der Waals surface area contributed by atoms with Crippen molar-refractivity contribution >= 4 is 101 Å². The van der Waals surface area contributed by atoms with Crippen LogP contribution >= 0.6 is 0 Å². The minimum Gasteiger partial charge on any atom is -0.414 e. The zero-order valence-electron chi connectivity index (χ0n) is 45.0. The summed E-state index contributed by atoms with van der Waals surface area (Å²) in [4.78, 5) is 0. The molecule has 0 rings (SSSR count). The molecule has 0 heterocycles. The molecular formula is C37H102NO9Si12+. The van der Waals surface area contributed by atoms with Crippen LogP contribution in [0, 0.1) is 0 Å². The van der Waals surface area contributed by atoms with Gasteiger partial charge in [-0.15, -0.1) is 0 Å². The fourth-order valence-electron chi connectivity index (χ4n) is 8.24. The van der Waals surface area contributed by atoms with Crippen LogP contribution < -0.4 is 0 Å². The number of nitrogens with zero attached hydrogens (tertiary/aromatic N) is 1. The molecule has 0 aliphatic rings. The van der Waals surface area contributed by atoms with Gasteiger partial charge in [-0.05, 0) is 177 Å². The lowest BCUT2D eigenvalue weighted by atomic mass is 10.2. The molecule has 0 fully saturated rings. The second kappa shape index (κ2) is 20.6. The van der Waals surface area contributed by atoms with E-state index >= 15 is 0 Å². The number of hydrogen-bond acceptors (Lipinski definition) is 9. The van der Waals surface area contributed by atoms with Crippen molar-refractivity contribution in [1.82, 2.24) is 0 Å². The fourth-order valence-corrected chi connectivity index (χ4v) is 53.8. The molecule has 59 heavy (non-hydrogen) atoms. The molecule has 0 aromatic heterocycles. The highest BCUT2D eigenvalue weighted by atomic mass is 28.5. The first-order valence-corrected chi connectivity index (χ1v) is 58.7. The van der Waals surface area contributed by atoms with Crippen LogP contribution in [0.3, 0.4) is 0 Å². The van der Waals surface area contributed by atoms with E-state index in [0.29, 0.717) is 4.48 Å². The Balaban J connectivity index is 10.0. The van der Waals surface area contributed by atoms with Crippen molar-refractivity contribution in [2.45, 2.75) is 234 Å². The SMILES string of the molecule is CCC([N+](C)(C(CC)[Si](O[Si](C)(C)C)(O[Si](C)(C)C)O[Si](C)(C)C)C(CC)[Si](O[Si](C)(C)C)(O[Si](C)(C)C)O[Si](C)(C)C)[Si](O[Si](C)(C)C)(O[Si](C)(C)C)O[Si](C)(C)C. The first kappa shape index (κ1) is 61.2. The normalized spacial score (nSPS) is 18.2. The monoisotopic (exact) mass is 1040 g/mol. The Morgan fingerprint density at radius 1 is 0.254 bits per heavy atom. The van der Waals surface area contributed by atoms with Crippen LogP contribution in [0.2, 0.25) is 177 Å². The molecule has 0 N–H and O–H groups in total. The largest absolute Gasteiger partial charge is 0.531 e. The van der Waals surface area contributed by atoms with Gasteiger partial charge in [-0.25, -0.2) is 0 Å². The van der Waals surface area contributed by atoms with Crippen LogP contribution in [0.1, 0.15) is 40.0 Å². The van der Waals surface area contributed by atoms with Gasteiger partial charge >= 0.3 is 26.4 Å². The van der Waals surface area contributed by atoms with Crippen molar-refractivity contribution in [2.75, 3.05) is 7.05 Å². The summed E-state index contributed by atoms with van der Waals surface area (Å²) in [6.07, 6.45) is 2.26. The van der Waals surface area contributed by atoms with E-state index in [2.05, 4.69) is 205 Å². The molecular weight excluding hydrogens is 939 g/mol. The Hall–Kier alpha value is 2.20. The van der Waals surface area contributed by atoms with Gasteiger partial charge in [0.15, 0.2) is 91.9 Å². The summed E-state index contributed by atoms with van der Waals surface area (Å²) in [7, 11) is -29.7. The Morgan fingerprint density at radius 3 is 0.424 bits per heavy atom. The van der Waals surface area contributed by atoms with Crippen LogP contribution in [0.25, 0.3) is 0 Å². The first-order chi connectivity index (χ1) is 25.4. The second-order valence-electron chi connectivity index (χ2n) is 25.7. The number of hydrogen-bond donors (Lipinski definition) is 0. The van der Waals surface area contributed by atoms with Gasteiger partial charge in [-0.1, -0.05) is 20.8 Å². The number of quaternary nitrogens is 1. The molecule has 10 nitrogen and oxygen atoms in total. The third kappa shape index (κ3) is 21.1. The smallest absolute Gasteiger partial charge is 0.414 e. The van der Waals surface area contributed by atoms with Crippen LogP contribution in [-0.4, -0.2) is 130 Å². The van der Waals surface area contributed by atoms with E-state index < -0.39 is 101 Å². The van der Waals surface area contributed by atoms with Gasteiger partial charge < -0.3 is 41.5 Å². The minimum absolute atomic E-state index is 0.234. The summed E-state index contributed by atoms with van der Waals surface area (Å²) in [6, 6.07) is 0. The summed E-state index contributed by atoms with van der Waals surface area (Å²) >= 11 is 0. The Kier molecular flexibility index (Phi) is 21.4. The van der Waals surface area contributed by atoms with E-state index in [1.807, 2.05) is 0 Å². The summed E-state index contributed by atoms with van der Waals surface area (Å²) < 4.78 is 70.9. The van der Waals surface area contributed by atoms with Gasteiger partial charge in [0.25, 0.3) is 0 Å². The number of rotatable bonds is 27. The van der Waals surface area contributed by atoms with Crippen molar-refractivity contribution in [3.63, 3.8) is 0 Å². The molecule has 0 saturated carbocycles. The van der Waals surface area contributed by atoms with Crippen LogP contribution in [0.15, 0.2) is 0 Å². The Bertz CT molecular complexity index is 1020. The van der Waals surface area contributed by atoms with Crippen LogP contribution in [-0.2, 0) is 37.0 Å². The Morgan fingerprint density at radius 2 is 0.356 bits per heavy atom. The molecule has 3 unspecified atom stereocenters. The van der Waals surface area contributed by atoms with Crippen molar-refractivity contribution in [2.24, 2.45) is 0 Å². The van der Waals surface area contributed by atoms with Crippen molar-refractivity contribution < 1.29 is 41.5 Å². The third-order valence-electron chi connectivity index (χ3n) is 8.44. The molecule has 0 aromatic rings. The van der Waals surface area contributed by atoms with Gasteiger partial charge in [0.2, 0.25) is 0 Å². The summed E-state index contributed by atoms with van der Waals surface area (Å²) in [5, 5.41) is 0. The lowest BCUT2D eigenvalue weighted by Gasteiger charge is -2.62. The lowest BCUT2D eigenvalue weighted by molar-refractivity contribution is -0.954. The second-order valence-corrected chi connectivity index (χ2v) is 76.7. The molecule has 0 radical (unpaired) electrons. The zero-order chi connectivity index (χ0) is 47.7. The standard InChI is InChI=1S/C37H102NO9Si12/c1-32-35(57(39-48(5,6)7,40-49(8,9)10)41-50(11,12)13)38(4,36(33-2)58(42-51(14,15)16,43-52(17,18)19)44-53(20,21)22)37(34-3)59(45-54(23,24)25,46-55(26,27)28)47-56(29,30)31/h35-37H,32-34H2,1-31H3/q+1. The maximum Gasteiger partial charge on any atom is 0.531 e. The maximum atomic E-state index is 7.82. The minimum atomic E-state index is -3.70. The van der Waals surface area contributed by atoms with Crippen molar-refractivity contribution in [1.29, 1.82) is 0 Å². The average Bonchev–Trinajstić information content (AvgIpc) is 2.79. The quantitative estimate of drug-likeness (QED) is 0.0590. The average molecular weight is 1040 g/mol. The molecule has 0 amide bonds. The molecule has 0 aromatic carbocycles. The molecule has 0 aliphatic heterocycles. The van der Waals surface area contributed by atoms with Crippen LogP contribution in [0.4, 0.5) is 0 Å². The highest BCUT2D eigenvalue weighted by Gasteiger charge is 2.76. The third-order valence-corrected chi connectivity index (χ3v) is 46.1. The topological polar surface area (TPSA) is 83.1 Å². The van der Waals surface area contributed by atoms with Crippen LogP contribution in [0.5, 0.6) is 0 Å². The summed E-state index contributed by atoms with van der Waals surface area (Å²) in [6.45, 7) is 69.1. The zero-order valence-corrected chi connectivity index (χ0v) is 57.0. The summed E-state index contributed by atoms with van der Waals surface area (Å²) in [5.41, 5.74) is -0.701. The highest BCUT2D eigenvalue weighted by molar-refractivity contribution is 6.93. The van der Waals surface area contributed by atoms with E-state index in [0.717, 1.165) is 19.3 Å². The molecule has 356 valence electrons. The molecule has 0 saturated heterocycles. The molecule has 3 atom stereocenters. The predicted octanol–water partition coefficient (Wildman–Crippen LogP) is 12.9. The van der Waals surface area contributed by atoms with E-state index in [9.17, 15) is 0 Å². The summed E-state index contributed by atoms with van der Waals surface area (Å²) in [5.74, 6) is 0. The van der Waals surface area contributed by atoms with Gasteiger partial charge in [-0.3, -0.25) is 0 Å². The Labute approximate surface area is 381 Å². The van der Waals surface area contributed by atoms with E-state index in [1.54, 1.807) is 0 Å². The van der Waals surface area contributed by atoms with Gasteiger partial charge in [0.05, 0.1) is 7.05 Å². The molecule has 0 aliphatic carbocycles. The van der Waals surface area contributed by atoms with Crippen molar-refractivity contribution in [3.05, 3.63) is 0 Å². The highest BCUT2D eigenvalue weighted by Crippen LogP contribution is 2.47. The van der Waals surface area contributed by atoms with E-state index in [1.165, 1.54) is 0 Å². The van der Waals surface area contributed by atoms with Gasteiger partial charge in [0.1, 0.15) is 0 Å². The molecule has 0 spiro atoms. The van der Waals surface area contributed by atoms with Gasteiger partial charge in [0, 0.05) is 19.3 Å². The van der Waals surface area contributed by atoms with E-state index in [4.69, 9.17) is 37.0 Å². The van der Waals surface area contributed by atoms with Gasteiger partial charge in [-0.2, -0.15) is 0 Å². The molecule has 22 heteroatoms. The lowest BCUT2D eigenvalue weighted by Crippen LogP contribution is -2.87. The maximum absolute atomic E-state index is 7.82. The predicted molar refractivity (Wildman–Crippen MR) is 286 cm³/mol. The van der Waals surface area contributed by atoms with Crippen molar-refractivity contribution in [3.8, 4) is 0 Å². The first-order valence-electron chi connectivity index (χ1n) is 22.6. The fraction of sp³-hybridized carbons (Fsp3) is 1.00. The molecule has 0 bridgehead atoms.